The zero-order valence-corrected chi connectivity index (χ0v) is 13.3. The zero-order chi connectivity index (χ0) is 16.3. The average Bonchev–Trinajstić information content (AvgIpc) is 2.43. The summed E-state index contributed by atoms with van der Waals surface area (Å²) in [5.41, 5.74) is 5.22. The monoisotopic (exact) mass is 316 g/mol. The van der Waals surface area contributed by atoms with Crippen molar-refractivity contribution >= 4 is 16.0 Å². The number of sulfonamides is 1. The molecule has 0 saturated heterocycles. The number of hydrogen-bond acceptors (Lipinski definition) is 6. The summed E-state index contributed by atoms with van der Waals surface area (Å²) >= 11 is 0. The second kappa shape index (κ2) is 6.42. The number of nitrogens with two attached hydrogens (primary N) is 1. The first kappa shape index (κ1) is 17.4. The van der Waals surface area contributed by atoms with Crippen molar-refractivity contribution in [2.75, 3.05) is 20.8 Å². The second-order valence-corrected chi connectivity index (χ2v) is 6.93. The molecule has 0 aliphatic carbocycles. The lowest BCUT2D eigenvalue weighted by Crippen LogP contribution is -2.45. The van der Waals surface area contributed by atoms with Crippen LogP contribution in [0.5, 0.6) is 5.75 Å². The van der Waals surface area contributed by atoms with Crippen molar-refractivity contribution in [1.82, 2.24) is 4.72 Å². The van der Waals surface area contributed by atoms with E-state index in [1.54, 1.807) is 13.8 Å². The number of rotatable bonds is 6. The fourth-order valence-electron chi connectivity index (χ4n) is 1.48. The fourth-order valence-corrected chi connectivity index (χ4v) is 2.72. The SMILES string of the molecule is COC(=O)c1ccc(S(=O)(=O)NCC(C)(C)N)cc1OC. The van der Waals surface area contributed by atoms with Gasteiger partial charge in [-0.2, -0.15) is 0 Å². The van der Waals surface area contributed by atoms with Crippen LogP contribution in [0, 0.1) is 0 Å². The molecule has 0 aromatic heterocycles. The fraction of sp³-hybridized carbons (Fsp3) is 0.462. The van der Waals surface area contributed by atoms with Crippen molar-refractivity contribution in [2.24, 2.45) is 5.73 Å². The molecule has 0 spiro atoms. The molecule has 21 heavy (non-hydrogen) atoms. The number of nitrogens with one attached hydrogen (secondary N) is 1. The summed E-state index contributed by atoms with van der Waals surface area (Å²) in [4.78, 5) is 11.5. The summed E-state index contributed by atoms with van der Waals surface area (Å²) in [6.45, 7) is 3.49. The molecule has 0 saturated carbocycles. The van der Waals surface area contributed by atoms with Gasteiger partial charge in [-0.3, -0.25) is 0 Å². The van der Waals surface area contributed by atoms with Crippen LogP contribution in [-0.4, -0.2) is 40.7 Å². The Morgan fingerprint density at radius 2 is 1.95 bits per heavy atom. The highest BCUT2D eigenvalue weighted by atomic mass is 32.2. The van der Waals surface area contributed by atoms with Crippen molar-refractivity contribution in [3.05, 3.63) is 23.8 Å². The van der Waals surface area contributed by atoms with Crippen molar-refractivity contribution in [1.29, 1.82) is 0 Å². The highest BCUT2D eigenvalue weighted by Crippen LogP contribution is 2.23. The van der Waals surface area contributed by atoms with Gasteiger partial charge in [-0.25, -0.2) is 17.9 Å². The van der Waals surface area contributed by atoms with Crippen molar-refractivity contribution in [3.63, 3.8) is 0 Å². The number of esters is 1. The molecule has 1 rings (SSSR count). The molecule has 0 bridgehead atoms. The standard InChI is InChI=1S/C13H20N2O5S/c1-13(2,14)8-15-21(17,18)9-5-6-10(12(16)20-4)11(7-9)19-3/h5-7,15H,8,14H2,1-4H3. The highest BCUT2D eigenvalue weighted by molar-refractivity contribution is 7.89. The second-order valence-electron chi connectivity index (χ2n) is 5.17. The third-order valence-electron chi connectivity index (χ3n) is 2.61. The quantitative estimate of drug-likeness (QED) is 0.740. The third kappa shape index (κ3) is 4.69. The Hall–Kier alpha value is -1.64. The minimum atomic E-state index is -3.74. The molecule has 0 aliphatic heterocycles. The Bertz CT molecular complexity index is 620. The van der Waals surface area contributed by atoms with Crippen LogP contribution >= 0.6 is 0 Å². The predicted molar refractivity (Wildman–Crippen MR) is 77.8 cm³/mol. The average molecular weight is 316 g/mol. The van der Waals surface area contributed by atoms with Crippen LogP contribution in [0.15, 0.2) is 23.1 Å². The van der Waals surface area contributed by atoms with Gasteiger partial charge >= 0.3 is 5.97 Å². The number of ether oxygens (including phenoxy) is 2. The molecular weight excluding hydrogens is 296 g/mol. The Morgan fingerprint density at radius 1 is 1.33 bits per heavy atom. The van der Waals surface area contributed by atoms with E-state index < -0.39 is 21.5 Å². The van der Waals surface area contributed by atoms with E-state index in [9.17, 15) is 13.2 Å². The van der Waals surface area contributed by atoms with Gasteiger partial charge in [0.15, 0.2) is 0 Å². The minimum absolute atomic E-state index is 0.0174. The van der Waals surface area contributed by atoms with Crippen LogP contribution < -0.4 is 15.2 Å². The molecule has 0 heterocycles. The number of carbonyl (C=O) groups is 1. The van der Waals surface area contributed by atoms with E-state index in [0.29, 0.717) is 0 Å². The highest BCUT2D eigenvalue weighted by Gasteiger charge is 2.21. The summed E-state index contributed by atoms with van der Waals surface area (Å²) in [6.07, 6.45) is 0. The molecule has 1 aromatic rings. The van der Waals surface area contributed by atoms with Crippen molar-refractivity contribution in [3.8, 4) is 5.75 Å². The maximum atomic E-state index is 12.2. The minimum Gasteiger partial charge on any atom is -0.496 e. The Balaban J connectivity index is 3.12. The molecule has 0 radical (unpaired) electrons. The number of hydrogen-bond donors (Lipinski definition) is 2. The van der Waals surface area contributed by atoms with E-state index in [0.717, 1.165) is 0 Å². The molecule has 0 unspecified atom stereocenters. The molecule has 0 fully saturated rings. The van der Waals surface area contributed by atoms with Gasteiger partial charge in [0.1, 0.15) is 11.3 Å². The molecule has 118 valence electrons. The lowest BCUT2D eigenvalue weighted by atomic mass is 10.1. The molecule has 3 N–H and O–H groups in total. The predicted octanol–water partition coefficient (Wildman–Crippen LogP) is 0.497. The Kier molecular flexibility index (Phi) is 5.32. The smallest absolute Gasteiger partial charge is 0.341 e. The van der Waals surface area contributed by atoms with Gasteiger partial charge in [-0.15, -0.1) is 0 Å². The van der Waals surface area contributed by atoms with E-state index >= 15 is 0 Å². The first-order chi connectivity index (χ1) is 9.60. The molecule has 7 nitrogen and oxygen atoms in total. The van der Waals surface area contributed by atoms with Gasteiger partial charge in [0, 0.05) is 18.2 Å². The lowest BCUT2D eigenvalue weighted by molar-refractivity contribution is 0.0597. The van der Waals surface area contributed by atoms with E-state index in [-0.39, 0.29) is 22.8 Å². The van der Waals surface area contributed by atoms with Gasteiger partial charge < -0.3 is 15.2 Å². The first-order valence-electron chi connectivity index (χ1n) is 6.15. The molecule has 0 atom stereocenters. The maximum absolute atomic E-state index is 12.2. The van der Waals surface area contributed by atoms with E-state index in [1.807, 2.05) is 0 Å². The number of methoxy groups -OCH3 is 2. The summed E-state index contributed by atoms with van der Waals surface area (Å²) < 4.78 is 36.4. The molecule has 1 aromatic carbocycles. The third-order valence-corrected chi connectivity index (χ3v) is 4.01. The molecule has 8 heteroatoms. The lowest BCUT2D eigenvalue weighted by Gasteiger charge is -2.19. The van der Waals surface area contributed by atoms with E-state index in [1.165, 1.54) is 32.4 Å². The zero-order valence-electron chi connectivity index (χ0n) is 12.5. The largest absolute Gasteiger partial charge is 0.496 e. The van der Waals surface area contributed by atoms with Crippen molar-refractivity contribution < 1.29 is 22.7 Å². The molecule has 0 amide bonds. The van der Waals surface area contributed by atoms with Gasteiger partial charge in [-0.1, -0.05) is 0 Å². The first-order valence-corrected chi connectivity index (χ1v) is 7.64. The Morgan fingerprint density at radius 3 is 2.43 bits per heavy atom. The molecular formula is C13H20N2O5S. The van der Waals surface area contributed by atoms with Crippen LogP contribution in [0.25, 0.3) is 0 Å². The van der Waals surface area contributed by atoms with Crippen LogP contribution in [0.4, 0.5) is 0 Å². The van der Waals surface area contributed by atoms with Crippen LogP contribution in [0.3, 0.4) is 0 Å². The van der Waals surface area contributed by atoms with Gasteiger partial charge in [0.2, 0.25) is 10.0 Å². The normalized spacial score (nSPS) is 12.0. The summed E-state index contributed by atoms with van der Waals surface area (Å²) in [7, 11) is -1.16. The van der Waals surface area contributed by atoms with E-state index in [4.69, 9.17) is 10.5 Å². The molecule has 0 aliphatic rings. The number of carbonyl (C=O) groups excluding carboxylic acids is 1. The van der Waals surface area contributed by atoms with Gasteiger partial charge in [-0.05, 0) is 26.0 Å². The topological polar surface area (TPSA) is 108 Å². The van der Waals surface area contributed by atoms with Crippen LogP contribution in [0.2, 0.25) is 0 Å². The summed E-state index contributed by atoms with van der Waals surface area (Å²) in [5.74, 6) is -0.483. The van der Waals surface area contributed by atoms with E-state index in [2.05, 4.69) is 9.46 Å². The van der Waals surface area contributed by atoms with Crippen LogP contribution in [-0.2, 0) is 14.8 Å². The summed E-state index contributed by atoms with van der Waals surface area (Å²) in [5, 5.41) is 0. The van der Waals surface area contributed by atoms with Crippen LogP contribution in [0.1, 0.15) is 24.2 Å². The van der Waals surface area contributed by atoms with Gasteiger partial charge in [0.05, 0.1) is 19.1 Å². The summed E-state index contributed by atoms with van der Waals surface area (Å²) in [6, 6.07) is 3.91. The van der Waals surface area contributed by atoms with Crippen molar-refractivity contribution in [2.45, 2.75) is 24.3 Å². The Labute approximate surface area is 124 Å². The van der Waals surface area contributed by atoms with Gasteiger partial charge in [0.25, 0.3) is 0 Å². The number of benzene rings is 1. The maximum Gasteiger partial charge on any atom is 0.341 e.